The Morgan fingerprint density at radius 3 is 2.19 bits per heavy atom. The molecule has 0 aliphatic carbocycles. The molecule has 0 spiro atoms. The number of rotatable bonds is 6. The molecule has 0 radical (unpaired) electrons. The van der Waals surface area contributed by atoms with E-state index in [1.54, 1.807) is 0 Å². The predicted octanol–water partition coefficient (Wildman–Crippen LogP) is 2.31. The number of hydrogen-bond acceptors (Lipinski definition) is 3. The van der Waals surface area contributed by atoms with Crippen LogP contribution in [-0.4, -0.2) is 24.3 Å². The molecule has 0 fully saturated rings. The monoisotopic (exact) mass is 226 g/mol. The fraction of sp³-hybridized carbons (Fsp3) is 0.923. The van der Waals surface area contributed by atoms with Gasteiger partial charge in [0.1, 0.15) is 0 Å². The largest absolute Gasteiger partial charge is 0.396 e. The standard InChI is InChI=1S/C13H26N2O/c1-12(2,3)11(6-9-16)15-8-7-13(4,5)10-14/h11,15-16H,6-9H2,1-5H3. The molecule has 0 aromatic heterocycles. The topological polar surface area (TPSA) is 56.0 Å². The Labute approximate surface area is 99.9 Å². The summed E-state index contributed by atoms with van der Waals surface area (Å²) in [6, 6.07) is 2.59. The van der Waals surface area contributed by atoms with Crippen molar-refractivity contribution in [2.24, 2.45) is 10.8 Å². The van der Waals surface area contributed by atoms with Crippen LogP contribution in [0.3, 0.4) is 0 Å². The van der Waals surface area contributed by atoms with Crippen LogP contribution < -0.4 is 5.32 Å². The fourth-order valence-electron chi connectivity index (χ4n) is 1.59. The van der Waals surface area contributed by atoms with E-state index in [0.29, 0.717) is 6.04 Å². The van der Waals surface area contributed by atoms with E-state index in [-0.39, 0.29) is 17.4 Å². The summed E-state index contributed by atoms with van der Waals surface area (Å²) < 4.78 is 0. The Hall–Kier alpha value is -0.590. The molecule has 1 atom stereocenters. The molecule has 0 heterocycles. The number of hydrogen-bond donors (Lipinski definition) is 2. The highest BCUT2D eigenvalue weighted by atomic mass is 16.3. The van der Waals surface area contributed by atoms with Crippen molar-refractivity contribution < 1.29 is 5.11 Å². The zero-order valence-electron chi connectivity index (χ0n) is 11.3. The first kappa shape index (κ1) is 15.4. The molecular formula is C13H26N2O. The molecule has 0 aromatic carbocycles. The van der Waals surface area contributed by atoms with E-state index in [0.717, 1.165) is 19.4 Å². The van der Waals surface area contributed by atoms with E-state index >= 15 is 0 Å². The second kappa shape index (κ2) is 6.22. The molecule has 0 saturated carbocycles. The summed E-state index contributed by atoms with van der Waals surface area (Å²) in [7, 11) is 0. The fourth-order valence-corrected chi connectivity index (χ4v) is 1.59. The molecule has 3 heteroatoms. The van der Waals surface area contributed by atoms with Gasteiger partial charge in [-0.05, 0) is 38.6 Å². The summed E-state index contributed by atoms with van der Waals surface area (Å²) >= 11 is 0. The van der Waals surface area contributed by atoms with E-state index in [1.807, 2.05) is 13.8 Å². The Kier molecular flexibility index (Phi) is 5.99. The lowest BCUT2D eigenvalue weighted by molar-refractivity contribution is 0.194. The van der Waals surface area contributed by atoms with Gasteiger partial charge in [0, 0.05) is 12.6 Å². The summed E-state index contributed by atoms with van der Waals surface area (Å²) in [4.78, 5) is 0. The van der Waals surface area contributed by atoms with Crippen molar-refractivity contribution in [2.45, 2.75) is 53.5 Å². The first-order valence-corrected chi connectivity index (χ1v) is 5.98. The predicted molar refractivity (Wildman–Crippen MR) is 67.0 cm³/mol. The zero-order valence-corrected chi connectivity index (χ0v) is 11.3. The lowest BCUT2D eigenvalue weighted by Crippen LogP contribution is -2.42. The van der Waals surface area contributed by atoms with Gasteiger partial charge in [0.2, 0.25) is 0 Å². The molecule has 0 amide bonds. The van der Waals surface area contributed by atoms with Crippen LogP contribution in [0, 0.1) is 22.2 Å². The Morgan fingerprint density at radius 2 is 1.81 bits per heavy atom. The van der Waals surface area contributed by atoms with Gasteiger partial charge in [-0.2, -0.15) is 5.26 Å². The van der Waals surface area contributed by atoms with Gasteiger partial charge in [-0.25, -0.2) is 0 Å². The number of nitriles is 1. The van der Waals surface area contributed by atoms with Gasteiger partial charge in [0.15, 0.2) is 0 Å². The minimum Gasteiger partial charge on any atom is -0.396 e. The van der Waals surface area contributed by atoms with Crippen molar-refractivity contribution in [3.8, 4) is 6.07 Å². The van der Waals surface area contributed by atoms with Crippen LogP contribution in [0.15, 0.2) is 0 Å². The average Bonchev–Trinajstić information content (AvgIpc) is 2.15. The Bertz CT molecular complexity index is 235. The molecular weight excluding hydrogens is 200 g/mol. The van der Waals surface area contributed by atoms with Gasteiger partial charge in [-0.15, -0.1) is 0 Å². The van der Waals surface area contributed by atoms with Crippen LogP contribution in [0.2, 0.25) is 0 Å². The molecule has 0 aromatic rings. The molecule has 1 unspecified atom stereocenters. The SMILES string of the molecule is CC(C)(C#N)CCNC(CCO)C(C)(C)C. The summed E-state index contributed by atoms with van der Waals surface area (Å²) in [5.74, 6) is 0. The first-order valence-electron chi connectivity index (χ1n) is 5.98. The zero-order chi connectivity index (χ0) is 12.8. The van der Waals surface area contributed by atoms with E-state index < -0.39 is 0 Å². The molecule has 0 aliphatic rings. The summed E-state index contributed by atoms with van der Waals surface area (Å²) in [5.41, 5.74) is -0.131. The van der Waals surface area contributed by atoms with Gasteiger partial charge < -0.3 is 10.4 Å². The highest BCUT2D eigenvalue weighted by molar-refractivity contribution is 4.92. The maximum atomic E-state index is 9.01. The van der Waals surface area contributed by atoms with Crippen molar-refractivity contribution in [1.29, 1.82) is 5.26 Å². The van der Waals surface area contributed by atoms with Gasteiger partial charge in [0.25, 0.3) is 0 Å². The molecule has 0 saturated heterocycles. The highest BCUT2D eigenvalue weighted by Gasteiger charge is 2.24. The Morgan fingerprint density at radius 1 is 1.25 bits per heavy atom. The quantitative estimate of drug-likeness (QED) is 0.730. The van der Waals surface area contributed by atoms with Crippen molar-refractivity contribution in [3.63, 3.8) is 0 Å². The van der Waals surface area contributed by atoms with E-state index in [4.69, 9.17) is 10.4 Å². The normalized spacial score (nSPS) is 14.6. The van der Waals surface area contributed by atoms with Gasteiger partial charge in [-0.1, -0.05) is 20.8 Å². The molecule has 0 rings (SSSR count). The van der Waals surface area contributed by atoms with Crippen LogP contribution in [0.4, 0.5) is 0 Å². The highest BCUT2D eigenvalue weighted by Crippen LogP contribution is 2.23. The van der Waals surface area contributed by atoms with Crippen LogP contribution in [0.25, 0.3) is 0 Å². The number of aliphatic hydroxyl groups excluding tert-OH is 1. The maximum absolute atomic E-state index is 9.01. The van der Waals surface area contributed by atoms with E-state index in [1.165, 1.54) is 0 Å². The summed E-state index contributed by atoms with van der Waals surface area (Å²) in [6.45, 7) is 11.4. The minimum absolute atomic E-state index is 0.138. The van der Waals surface area contributed by atoms with Gasteiger partial charge in [-0.3, -0.25) is 0 Å². The van der Waals surface area contributed by atoms with Crippen LogP contribution in [-0.2, 0) is 0 Å². The second-order valence-corrected chi connectivity index (χ2v) is 6.13. The molecule has 16 heavy (non-hydrogen) atoms. The van der Waals surface area contributed by atoms with Crippen molar-refractivity contribution in [3.05, 3.63) is 0 Å². The minimum atomic E-state index is -0.269. The van der Waals surface area contributed by atoms with Crippen LogP contribution in [0.5, 0.6) is 0 Å². The third kappa shape index (κ3) is 6.09. The van der Waals surface area contributed by atoms with E-state index in [2.05, 4.69) is 32.2 Å². The number of nitrogens with zero attached hydrogens (tertiary/aromatic N) is 1. The Balaban J connectivity index is 4.10. The lowest BCUT2D eigenvalue weighted by atomic mass is 9.84. The number of aliphatic hydroxyl groups is 1. The molecule has 0 aliphatic heterocycles. The average molecular weight is 226 g/mol. The maximum Gasteiger partial charge on any atom is 0.0684 e. The summed E-state index contributed by atoms with van der Waals surface area (Å²) in [5, 5.41) is 21.4. The summed E-state index contributed by atoms with van der Waals surface area (Å²) in [6.07, 6.45) is 1.60. The van der Waals surface area contributed by atoms with Crippen molar-refractivity contribution in [2.75, 3.05) is 13.2 Å². The molecule has 3 nitrogen and oxygen atoms in total. The van der Waals surface area contributed by atoms with Crippen molar-refractivity contribution in [1.82, 2.24) is 5.32 Å². The molecule has 0 bridgehead atoms. The molecule has 2 N–H and O–H groups in total. The third-order valence-electron chi connectivity index (χ3n) is 2.91. The third-order valence-corrected chi connectivity index (χ3v) is 2.91. The van der Waals surface area contributed by atoms with Gasteiger partial charge >= 0.3 is 0 Å². The number of nitrogens with one attached hydrogen (secondary N) is 1. The van der Waals surface area contributed by atoms with Crippen molar-refractivity contribution >= 4 is 0 Å². The van der Waals surface area contributed by atoms with Crippen LogP contribution >= 0.6 is 0 Å². The first-order chi connectivity index (χ1) is 7.23. The lowest BCUT2D eigenvalue weighted by Gasteiger charge is -2.32. The van der Waals surface area contributed by atoms with E-state index in [9.17, 15) is 0 Å². The smallest absolute Gasteiger partial charge is 0.0684 e. The molecule has 94 valence electrons. The second-order valence-electron chi connectivity index (χ2n) is 6.13. The van der Waals surface area contributed by atoms with Gasteiger partial charge in [0.05, 0.1) is 11.5 Å². The van der Waals surface area contributed by atoms with Crippen LogP contribution in [0.1, 0.15) is 47.5 Å².